The van der Waals surface area contributed by atoms with E-state index in [0.29, 0.717) is 17.6 Å². The first-order valence-electron chi connectivity index (χ1n) is 4.83. The van der Waals surface area contributed by atoms with Gasteiger partial charge in [-0.1, -0.05) is 12.1 Å². The lowest BCUT2D eigenvalue weighted by Gasteiger charge is -2.08. The van der Waals surface area contributed by atoms with E-state index in [1.54, 1.807) is 19.1 Å². The van der Waals surface area contributed by atoms with Crippen LogP contribution >= 0.6 is 15.9 Å². The van der Waals surface area contributed by atoms with Crippen LogP contribution in [-0.4, -0.2) is 22.7 Å². The molecule has 6 heteroatoms. The van der Waals surface area contributed by atoms with Crippen molar-refractivity contribution < 1.29 is 10.0 Å². The topological polar surface area (TPSA) is 75.4 Å². The molecule has 0 radical (unpaired) electrons. The summed E-state index contributed by atoms with van der Waals surface area (Å²) in [6.45, 7) is 2.61. The Labute approximate surface area is 102 Å². The summed E-state index contributed by atoms with van der Waals surface area (Å²) >= 11 is 3.20. The van der Waals surface area contributed by atoms with Gasteiger partial charge in [0, 0.05) is 19.2 Å². The summed E-state index contributed by atoms with van der Waals surface area (Å²) in [5.74, 6) is 0. The first-order chi connectivity index (χ1) is 7.52. The van der Waals surface area contributed by atoms with Gasteiger partial charge in [0.1, 0.15) is 0 Å². The fourth-order valence-corrected chi connectivity index (χ4v) is 1.81. The zero-order valence-corrected chi connectivity index (χ0v) is 10.4. The number of nitro groups is 1. The lowest BCUT2D eigenvalue weighted by molar-refractivity contribution is -0.385. The first-order valence-corrected chi connectivity index (χ1v) is 5.62. The molecule has 0 saturated carbocycles. The SMILES string of the molecule is CC(O)CNCc1cccc([N+](=O)[O-])c1Br. The lowest BCUT2D eigenvalue weighted by atomic mass is 10.2. The predicted octanol–water partition coefficient (Wildman–Crippen LogP) is 1.83. The molecule has 5 nitrogen and oxygen atoms in total. The second kappa shape index (κ2) is 5.93. The van der Waals surface area contributed by atoms with E-state index in [-0.39, 0.29) is 5.69 Å². The molecule has 0 fully saturated rings. The maximum Gasteiger partial charge on any atom is 0.283 e. The van der Waals surface area contributed by atoms with Gasteiger partial charge in [0.2, 0.25) is 0 Å². The molecular formula is C10H13BrN2O3. The molecule has 0 bridgehead atoms. The van der Waals surface area contributed by atoms with Crippen molar-refractivity contribution >= 4 is 21.6 Å². The standard InChI is InChI=1S/C10H13BrN2O3/c1-7(14)5-12-6-8-3-2-4-9(10(8)11)13(15)16/h2-4,7,12,14H,5-6H2,1H3. The van der Waals surface area contributed by atoms with Gasteiger partial charge in [-0.25, -0.2) is 0 Å². The molecule has 0 amide bonds. The molecule has 1 aromatic rings. The fourth-order valence-electron chi connectivity index (χ4n) is 1.26. The number of halogens is 1. The van der Waals surface area contributed by atoms with Gasteiger partial charge in [-0.05, 0) is 28.4 Å². The van der Waals surface area contributed by atoms with Gasteiger partial charge in [0.15, 0.2) is 0 Å². The number of aliphatic hydroxyl groups is 1. The Kier molecular flexibility index (Phi) is 4.85. The Bertz CT molecular complexity index is 382. The summed E-state index contributed by atoms with van der Waals surface area (Å²) in [5, 5.41) is 22.7. The number of rotatable bonds is 5. The van der Waals surface area contributed by atoms with E-state index < -0.39 is 11.0 Å². The minimum atomic E-state index is -0.433. The maximum absolute atomic E-state index is 10.7. The third kappa shape index (κ3) is 3.55. The van der Waals surface area contributed by atoms with Crippen LogP contribution in [0.5, 0.6) is 0 Å². The highest BCUT2D eigenvalue weighted by atomic mass is 79.9. The largest absolute Gasteiger partial charge is 0.392 e. The predicted molar refractivity (Wildman–Crippen MR) is 64.2 cm³/mol. The normalized spacial score (nSPS) is 12.4. The Balaban J connectivity index is 2.73. The number of hydrogen-bond acceptors (Lipinski definition) is 4. The summed E-state index contributed by atoms with van der Waals surface area (Å²) in [6.07, 6.45) is -0.433. The number of hydrogen-bond donors (Lipinski definition) is 2. The van der Waals surface area contributed by atoms with Crippen LogP contribution in [0.4, 0.5) is 5.69 Å². The Morgan fingerprint density at radius 2 is 2.31 bits per heavy atom. The highest BCUT2D eigenvalue weighted by Crippen LogP contribution is 2.27. The van der Waals surface area contributed by atoms with Crippen molar-refractivity contribution in [3.8, 4) is 0 Å². The van der Waals surface area contributed by atoms with Crippen LogP contribution in [0.15, 0.2) is 22.7 Å². The summed E-state index contributed by atoms with van der Waals surface area (Å²) in [6, 6.07) is 4.89. The summed E-state index contributed by atoms with van der Waals surface area (Å²) < 4.78 is 0.484. The first kappa shape index (κ1) is 13.1. The maximum atomic E-state index is 10.7. The van der Waals surface area contributed by atoms with E-state index in [1.807, 2.05) is 0 Å². The van der Waals surface area contributed by atoms with Crippen molar-refractivity contribution in [2.24, 2.45) is 0 Å². The molecular weight excluding hydrogens is 276 g/mol. The number of aliphatic hydroxyl groups excluding tert-OH is 1. The second-order valence-electron chi connectivity index (χ2n) is 3.49. The quantitative estimate of drug-likeness (QED) is 0.640. The molecule has 88 valence electrons. The van der Waals surface area contributed by atoms with Crippen molar-refractivity contribution in [2.75, 3.05) is 6.54 Å². The minimum absolute atomic E-state index is 0.0522. The Morgan fingerprint density at radius 1 is 1.62 bits per heavy atom. The van der Waals surface area contributed by atoms with Crippen LogP contribution in [0.3, 0.4) is 0 Å². The van der Waals surface area contributed by atoms with Crippen LogP contribution in [0.25, 0.3) is 0 Å². The average molecular weight is 289 g/mol. The fraction of sp³-hybridized carbons (Fsp3) is 0.400. The smallest absolute Gasteiger partial charge is 0.283 e. The van der Waals surface area contributed by atoms with Crippen molar-refractivity contribution in [1.29, 1.82) is 0 Å². The van der Waals surface area contributed by atoms with Crippen LogP contribution in [0.1, 0.15) is 12.5 Å². The van der Waals surface area contributed by atoms with Gasteiger partial charge in [0.05, 0.1) is 15.5 Å². The van der Waals surface area contributed by atoms with Crippen molar-refractivity contribution in [1.82, 2.24) is 5.32 Å². The molecule has 1 unspecified atom stereocenters. The van der Waals surface area contributed by atoms with Gasteiger partial charge < -0.3 is 10.4 Å². The van der Waals surface area contributed by atoms with Crippen molar-refractivity contribution in [3.05, 3.63) is 38.3 Å². The number of nitro benzene ring substituents is 1. The van der Waals surface area contributed by atoms with Gasteiger partial charge in [-0.15, -0.1) is 0 Å². The molecule has 0 saturated heterocycles. The van der Waals surface area contributed by atoms with Gasteiger partial charge in [-0.3, -0.25) is 10.1 Å². The monoisotopic (exact) mass is 288 g/mol. The van der Waals surface area contributed by atoms with E-state index in [2.05, 4.69) is 21.2 Å². The molecule has 1 rings (SSSR count). The summed E-state index contributed by atoms with van der Waals surface area (Å²) in [4.78, 5) is 10.2. The second-order valence-corrected chi connectivity index (χ2v) is 4.28. The van der Waals surface area contributed by atoms with Crippen molar-refractivity contribution in [2.45, 2.75) is 19.6 Å². The Hall–Kier alpha value is -0.980. The van der Waals surface area contributed by atoms with Crippen LogP contribution in [0, 0.1) is 10.1 Å². The molecule has 0 aliphatic rings. The number of benzene rings is 1. The van der Waals surface area contributed by atoms with E-state index in [0.717, 1.165) is 5.56 Å². The van der Waals surface area contributed by atoms with E-state index in [9.17, 15) is 10.1 Å². The molecule has 2 N–H and O–H groups in total. The van der Waals surface area contributed by atoms with E-state index >= 15 is 0 Å². The third-order valence-corrected chi connectivity index (χ3v) is 2.93. The molecule has 1 atom stereocenters. The summed E-state index contributed by atoms with van der Waals surface area (Å²) in [5.41, 5.74) is 0.853. The van der Waals surface area contributed by atoms with Gasteiger partial charge in [-0.2, -0.15) is 0 Å². The van der Waals surface area contributed by atoms with Crippen LogP contribution < -0.4 is 5.32 Å². The number of nitrogens with zero attached hydrogens (tertiary/aromatic N) is 1. The van der Waals surface area contributed by atoms with Crippen LogP contribution in [-0.2, 0) is 6.54 Å². The summed E-state index contributed by atoms with van der Waals surface area (Å²) in [7, 11) is 0. The zero-order chi connectivity index (χ0) is 12.1. The molecule has 0 spiro atoms. The zero-order valence-electron chi connectivity index (χ0n) is 8.81. The lowest BCUT2D eigenvalue weighted by Crippen LogP contribution is -2.24. The van der Waals surface area contributed by atoms with Crippen molar-refractivity contribution in [3.63, 3.8) is 0 Å². The minimum Gasteiger partial charge on any atom is -0.392 e. The Morgan fingerprint density at radius 3 is 2.88 bits per heavy atom. The third-order valence-electron chi connectivity index (χ3n) is 2.01. The van der Waals surface area contributed by atoms with E-state index in [4.69, 9.17) is 5.11 Å². The van der Waals surface area contributed by atoms with Gasteiger partial charge >= 0.3 is 0 Å². The molecule has 16 heavy (non-hydrogen) atoms. The molecule has 0 heterocycles. The molecule has 1 aromatic carbocycles. The molecule has 0 aromatic heterocycles. The van der Waals surface area contributed by atoms with Gasteiger partial charge in [0.25, 0.3) is 5.69 Å². The number of nitrogens with one attached hydrogen (secondary N) is 1. The molecule has 0 aliphatic carbocycles. The average Bonchev–Trinajstić information content (AvgIpc) is 2.19. The highest BCUT2D eigenvalue weighted by molar-refractivity contribution is 9.10. The van der Waals surface area contributed by atoms with E-state index in [1.165, 1.54) is 6.07 Å². The highest BCUT2D eigenvalue weighted by Gasteiger charge is 2.14. The molecule has 0 aliphatic heterocycles. The van der Waals surface area contributed by atoms with Crippen LogP contribution in [0.2, 0.25) is 0 Å².